The number of benzene rings is 1. The number of hydrogen-bond donors (Lipinski definition) is 0. The second-order valence-corrected chi connectivity index (χ2v) is 9.07. The average molecular weight is 408 g/mol. The molecule has 30 heavy (non-hydrogen) atoms. The minimum atomic E-state index is 0.238. The van der Waals surface area contributed by atoms with Crippen LogP contribution in [0.3, 0.4) is 0 Å². The third-order valence-corrected chi connectivity index (χ3v) is 5.67. The summed E-state index contributed by atoms with van der Waals surface area (Å²) in [5.74, 6) is 1.67. The summed E-state index contributed by atoms with van der Waals surface area (Å²) in [5, 5.41) is 4.23. The molecule has 0 N–H and O–H groups in total. The van der Waals surface area contributed by atoms with Crippen LogP contribution in [0.5, 0.6) is 5.75 Å². The summed E-state index contributed by atoms with van der Waals surface area (Å²) in [6.45, 7) is 15.1. The zero-order chi connectivity index (χ0) is 22.1. The van der Waals surface area contributed by atoms with Gasteiger partial charge in [-0.1, -0.05) is 38.1 Å². The van der Waals surface area contributed by atoms with Gasteiger partial charge in [-0.3, -0.25) is 4.99 Å². The second kappa shape index (κ2) is 8.50. The van der Waals surface area contributed by atoms with Crippen molar-refractivity contribution in [1.82, 2.24) is 9.72 Å². The van der Waals surface area contributed by atoms with Gasteiger partial charge in [0.25, 0.3) is 0 Å². The largest absolute Gasteiger partial charge is 0.497 e. The van der Waals surface area contributed by atoms with Gasteiger partial charge in [0.1, 0.15) is 11.5 Å². The Balaban J connectivity index is 2.33. The molecule has 3 aromatic rings. The normalized spacial score (nSPS) is 11.7. The lowest BCUT2D eigenvalue weighted by atomic mass is 9.87. The Kier molecular flexibility index (Phi) is 6.20. The second-order valence-electron chi connectivity index (χ2n) is 9.07. The van der Waals surface area contributed by atoms with Crippen molar-refractivity contribution in [3.63, 3.8) is 0 Å². The van der Waals surface area contributed by atoms with Crippen molar-refractivity contribution in [2.75, 3.05) is 7.11 Å². The molecule has 5 nitrogen and oxygen atoms in total. The first-order chi connectivity index (χ1) is 14.2. The Labute approximate surface area is 179 Å². The molecule has 2 aromatic heterocycles. The van der Waals surface area contributed by atoms with Gasteiger partial charge in [-0.05, 0) is 56.5 Å². The number of rotatable bonds is 7. The predicted octanol–water partition coefficient (Wildman–Crippen LogP) is 6.15. The van der Waals surface area contributed by atoms with Crippen LogP contribution in [0.15, 0.2) is 33.8 Å². The summed E-state index contributed by atoms with van der Waals surface area (Å²) < 4.78 is 13.2. The van der Waals surface area contributed by atoms with Crippen LogP contribution >= 0.6 is 0 Å². The molecule has 2 heterocycles. The Morgan fingerprint density at radius 3 is 2.23 bits per heavy atom. The zero-order valence-corrected chi connectivity index (χ0v) is 19.3. The number of ether oxygens (including phenoxy) is 1. The van der Waals surface area contributed by atoms with Gasteiger partial charge in [-0.25, -0.2) is 0 Å². The Morgan fingerprint density at radius 1 is 1.07 bits per heavy atom. The van der Waals surface area contributed by atoms with Crippen LogP contribution in [-0.2, 0) is 20.0 Å². The molecule has 0 fully saturated rings. The highest BCUT2D eigenvalue weighted by atomic mass is 16.5. The fourth-order valence-electron chi connectivity index (χ4n) is 4.04. The van der Waals surface area contributed by atoms with Crippen LogP contribution in [0.2, 0.25) is 0 Å². The SMILES string of the molecule is C=NCc1c(-c2c(C)noc2C)c(-c2ccc(OC)cc2)c(CCC(C)(C)C)n1C. The quantitative estimate of drug-likeness (QED) is 0.441. The summed E-state index contributed by atoms with van der Waals surface area (Å²) in [7, 11) is 3.82. The molecular weight excluding hydrogens is 374 g/mol. The topological polar surface area (TPSA) is 52.6 Å². The molecule has 0 saturated carbocycles. The zero-order valence-electron chi connectivity index (χ0n) is 19.3. The highest BCUT2D eigenvalue weighted by Crippen LogP contribution is 2.44. The van der Waals surface area contributed by atoms with E-state index in [2.05, 4.69) is 61.4 Å². The monoisotopic (exact) mass is 407 g/mol. The fourth-order valence-corrected chi connectivity index (χ4v) is 4.04. The van der Waals surface area contributed by atoms with Crippen LogP contribution in [0.25, 0.3) is 22.3 Å². The molecule has 1 aromatic carbocycles. The van der Waals surface area contributed by atoms with Crippen molar-refractivity contribution in [2.45, 2.75) is 54.0 Å². The van der Waals surface area contributed by atoms with Gasteiger partial charge in [0, 0.05) is 35.1 Å². The van der Waals surface area contributed by atoms with E-state index in [1.54, 1.807) is 7.11 Å². The van der Waals surface area contributed by atoms with Crippen molar-refractivity contribution < 1.29 is 9.26 Å². The van der Waals surface area contributed by atoms with E-state index in [1.165, 1.54) is 11.3 Å². The van der Waals surface area contributed by atoms with Crippen LogP contribution < -0.4 is 4.74 Å². The lowest BCUT2D eigenvalue weighted by Gasteiger charge is -2.19. The minimum absolute atomic E-state index is 0.238. The molecule has 0 aliphatic heterocycles. The Bertz CT molecular complexity index is 1010. The van der Waals surface area contributed by atoms with E-state index in [0.29, 0.717) is 6.54 Å². The molecule has 3 rings (SSSR count). The molecule has 0 amide bonds. The summed E-state index contributed by atoms with van der Waals surface area (Å²) in [6, 6.07) is 8.28. The molecular formula is C25H33N3O2. The van der Waals surface area contributed by atoms with Crippen molar-refractivity contribution >= 4 is 6.72 Å². The van der Waals surface area contributed by atoms with Gasteiger partial charge in [0.2, 0.25) is 0 Å². The number of nitrogens with zero attached hydrogens (tertiary/aromatic N) is 3. The van der Waals surface area contributed by atoms with Crippen molar-refractivity contribution in [2.24, 2.45) is 17.5 Å². The Morgan fingerprint density at radius 2 is 1.73 bits per heavy atom. The summed E-state index contributed by atoms with van der Waals surface area (Å²) in [4.78, 5) is 4.24. The summed E-state index contributed by atoms with van der Waals surface area (Å²) >= 11 is 0. The molecule has 0 aliphatic carbocycles. The number of methoxy groups -OCH3 is 1. The number of hydrogen-bond acceptors (Lipinski definition) is 4. The molecule has 0 aliphatic rings. The van der Waals surface area contributed by atoms with Crippen LogP contribution in [0, 0.1) is 19.3 Å². The van der Waals surface area contributed by atoms with E-state index in [9.17, 15) is 0 Å². The number of aliphatic imine (C=N–C) groups is 1. The predicted molar refractivity (Wildman–Crippen MR) is 123 cm³/mol. The van der Waals surface area contributed by atoms with Crippen LogP contribution in [0.1, 0.15) is 50.0 Å². The van der Waals surface area contributed by atoms with E-state index in [4.69, 9.17) is 9.26 Å². The first kappa shape index (κ1) is 21.9. The molecule has 0 radical (unpaired) electrons. The van der Waals surface area contributed by atoms with Gasteiger partial charge in [0.15, 0.2) is 0 Å². The van der Waals surface area contributed by atoms with Gasteiger partial charge in [-0.15, -0.1) is 0 Å². The van der Waals surface area contributed by atoms with Crippen LogP contribution in [0.4, 0.5) is 0 Å². The first-order valence-corrected chi connectivity index (χ1v) is 10.4. The van der Waals surface area contributed by atoms with Gasteiger partial charge < -0.3 is 13.8 Å². The Hall–Kier alpha value is -2.82. The fraction of sp³-hybridized carbons (Fsp3) is 0.440. The van der Waals surface area contributed by atoms with E-state index in [1.807, 2.05) is 26.0 Å². The van der Waals surface area contributed by atoms with E-state index >= 15 is 0 Å². The highest BCUT2D eigenvalue weighted by molar-refractivity contribution is 5.89. The molecule has 160 valence electrons. The average Bonchev–Trinajstić information content (AvgIpc) is 3.16. The standard InChI is InChI=1S/C25H33N3O2/c1-16-22(17(2)30-27-16)24-21(15-26-6)28(7)20(13-14-25(3,4)5)23(24)18-9-11-19(29-8)12-10-18/h9-12H,6,13-15H2,1-5,7-8H3. The van der Waals surface area contributed by atoms with Gasteiger partial charge in [0.05, 0.1) is 19.3 Å². The maximum atomic E-state index is 5.55. The van der Waals surface area contributed by atoms with Crippen molar-refractivity contribution in [3.05, 3.63) is 47.1 Å². The first-order valence-electron chi connectivity index (χ1n) is 10.4. The van der Waals surface area contributed by atoms with Gasteiger partial charge in [-0.2, -0.15) is 0 Å². The smallest absolute Gasteiger partial charge is 0.141 e. The minimum Gasteiger partial charge on any atom is -0.497 e. The third-order valence-electron chi connectivity index (χ3n) is 5.67. The maximum Gasteiger partial charge on any atom is 0.141 e. The molecule has 0 atom stereocenters. The van der Waals surface area contributed by atoms with Crippen molar-refractivity contribution in [1.29, 1.82) is 0 Å². The van der Waals surface area contributed by atoms with E-state index in [0.717, 1.165) is 52.4 Å². The molecule has 0 unspecified atom stereocenters. The van der Waals surface area contributed by atoms with Crippen molar-refractivity contribution in [3.8, 4) is 28.0 Å². The highest BCUT2D eigenvalue weighted by Gasteiger charge is 2.27. The van der Waals surface area contributed by atoms with Gasteiger partial charge >= 0.3 is 0 Å². The summed E-state index contributed by atoms with van der Waals surface area (Å²) in [5.41, 5.74) is 8.13. The number of aryl methyl sites for hydroxylation is 2. The van der Waals surface area contributed by atoms with E-state index in [-0.39, 0.29) is 5.41 Å². The summed E-state index contributed by atoms with van der Waals surface area (Å²) in [6.07, 6.45) is 2.05. The third kappa shape index (κ3) is 4.20. The maximum absolute atomic E-state index is 5.55. The van der Waals surface area contributed by atoms with Crippen LogP contribution in [-0.4, -0.2) is 23.6 Å². The molecule has 0 bridgehead atoms. The lowest BCUT2D eigenvalue weighted by Crippen LogP contribution is -2.09. The lowest BCUT2D eigenvalue weighted by molar-refractivity contribution is 0.374. The molecule has 0 saturated heterocycles. The molecule has 0 spiro atoms. The number of aromatic nitrogens is 2. The van der Waals surface area contributed by atoms with E-state index < -0.39 is 0 Å². The molecule has 5 heteroatoms.